The van der Waals surface area contributed by atoms with Gasteiger partial charge in [-0.15, -0.1) is 0 Å². The third-order valence-corrected chi connectivity index (χ3v) is 14.7. The Morgan fingerprint density at radius 3 is 1.68 bits per heavy atom. The SMILES string of the molecule is CC1=NC[C@H](O[Si](C)(C)C(C)(C)C)[C@H]1O[Si](C)(C)C(C)(C)C. The lowest BCUT2D eigenvalue weighted by Gasteiger charge is -2.43. The van der Waals surface area contributed by atoms with Crippen molar-refractivity contribution < 1.29 is 8.85 Å². The molecule has 0 aromatic rings. The first-order valence-electron chi connectivity index (χ1n) is 8.45. The summed E-state index contributed by atoms with van der Waals surface area (Å²) in [5.41, 5.74) is 1.11. The Bertz CT molecular complexity index is 431. The maximum absolute atomic E-state index is 6.65. The van der Waals surface area contributed by atoms with Crippen LogP contribution in [0.25, 0.3) is 0 Å². The Morgan fingerprint density at radius 1 is 0.864 bits per heavy atom. The molecule has 0 unspecified atom stereocenters. The molecule has 0 aliphatic carbocycles. The van der Waals surface area contributed by atoms with Crippen molar-refractivity contribution in [2.24, 2.45) is 4.99 Å². The number of aliphatic imine (C=N–C) groups is 1. The highest BCUT2D eigenvalue weighted by atomic mass is 28.4. The lowest BCUT2D eigenvalue weighted by atomic mass is 10.2. The van der Waals surface area contributed by atoms with Gasteiger partial charge in [-0.2, -0.15) is 0 Å². The van der Waals surface area contributed by atoms with Crippen molar-refractivity contribution in [2.75, 3.05) is 6.54 Å². The predicted octanol–water partition coefficient (Wildman–Crippen LogP) is 5.24. The van der Waals surface area contributed by atoms with Gasteiger partial charge in [0.15, 0.2) is 16.6 Å². The second-order valence-electron chi connectivity index (χ2n) is 9.70. The van der Waals surface area contributed by atoms with Crippen molar-refractivity contribution in [3.8, 4) is 0 Å². The summed E-state index contributed by atoms with van der Waals surface area (Å²) in [5.74, 6) is 0. The fourth-order valence-corrected chi connectivity index (χ4v) is 4.62. The van der Waals surface area contributed by atoms with E-state index in [0.29, 0.717) is 0 Å². The Balaban J connectivity index is 2.91. The Morgan fingerprint density at radius 2 is 1.27 bits per heavy atom. The Kier molecular flexibility index (Phi) is 5.61. The van der Waals surface area contributed by atoms with Crippen molar-refractivity contribution in [3.63, 3.8) is 0 Å². The molecule has 0 bridgehead atoms. The molecule has 1 aliphatic rings. The molecule has 0 amide bonds. The fourth-order valence-electron chi connectivity index (χ4n) is 2.00. The van der Waals surface area contributed by atoms with E-state index in [2.05, 4.69) is 79.6 Å². The molecule has 0 radical (unpaired) electrons. The van der Waals surface area contributed by atoms with Crippen LogP contribution in [0.1, 0.15) is 48.5 Å². The van der Waals surface area contributed by atoms with Crippen molar-refractivity contribution >= 4 is 22.3 Å². The summed E-state index contributed by atoms with van der Waals surface area (Å²) in [6, 6.07) is 0. The van der Waals surface area contributed by atoms with Crippen LogP contribution in [-0.4, -0.2) is 41.1 Å². The molecule has 5 heteroatoms. The highest BCUT2D eigenvalue weighted by Gasteiger charge is 2.46. The van der Waals surface area contributed by atoms with E-state index >= 15 is 0 Å². The lowest BCUT2D eigenvalue weighted by Crippen LogP contribution is -2.52. The van der Waals surface area contributed by atoms with Crippen LogP contribution in [0.5, 0.6) is 0 Å². The van der Waals surface area contributed by atoms with Crippen LogP contribution >= 0.6 is 0 Å². The molecule has 1 heterocycles. The van der Waals surface area contributed by atoms with E-state index < -0.39 is 16.6 Å². The molecular formula is C17H37NO2Si2. The third kappa shape index (κ3) is 4.31. The van der Waals surface area contributed by atoms with Crippen LogP contribution in [0.4, 0.5) is 0 Å². The summed E-state index contributed by atoms with van der Waals surface area (Å²) in [6.07, 6.45) is 0.130. The zero-order chi connectivity index (χ0) is 17.6. The average Bonchev–Trinajstić information content (AvgIpc) is 2.57. The van der Waals surface area contributed by atoms with Crippen molar-refractivity contribution in [3.05, 3.63) is 0 Å². The normalized spacial score (nSPS) is 24.6. The van der Waals surface area contributed by atoms with Gasteiger partial charge in [0.2, 0.25) is 0 Å². The van der Waals surface area contributed by atoms with E-state index in [1.54, 1.807) is 0 Å². The first kappa shape index (κ1) is 20.1. The van der Waals surface area contributed by atoms with Gasteiger partial charge in [0, 0.05) is 5.71 Å². The van der Waals surface area contributed by atoms with E-state index in [4.69, 9.17) is 8.85 Å². The summed E-state index contributed by atoms with van der Waals surface area (Å²) in [6.45, 7) is 25.8. The highest BCUT2D eigenvalue weighted by Crippen LogP contribution is 2.41. The third-order valence-electron chi connectivity index (χ3n) is 5.75. The molecule has 1 rings (SSSR count). The minimum Gasteiger partial charge on any atom is -0.409 e. The smallest absolute Gasteiger partial charge is 0.193 e. The van der Waals surface area contributed by atoms with Crippen molar-refractivity contribution in [1.82, 2.24) is 0 Å². The van der Waals surface area contributed by atoms with E-state index in [0.717, 1.165) is 12.3 Å². The number of hydrogen-bond acceptors (Lipinski definition) is 3. The standard InChI is InChI=1S/C17H37NO2Si2/c1-13-15(20-22(10,11)17(5,6)7)14(12-18-13)19-21(8,9)16(2,3)4/h14-15H,12H2,1-11H3/t14-,15-/m0/s1. The monoisotopic (exact) mass is 343 g/mol. The maximum Gasteiger partial charge on any atom is 0.193 e. The molecule has 3 nitrogen and oxygen atoms in total. The highest BCUT2D eigenvalue weighted by molar-refractivity contribution is 6.74. The first-order valence-corrected chi connectivity index (χ1v) is 14.3. The maximum atomic E-state index is 6.65. The second kappa shape index (κ2) is 6.15. The van der Waals surface area contributed by atoms with Crippen LogP contribution < -0.4 is 0 Å². The molecule has 0 saturated heterocycles. The molecular weight excluding hydrogens is 306 g/mol. The van der Waals surface area contributed by atoms with E-state index in [-0.39, 0.29) is 22.3 Å². The molecule has 0 saturated carbocycles. The topological polar surface area (TPSA) is 30.8 Å². The lowest BCUT2D eigenvalue weighted by molar-refractivity contribution is 0.0902. The van der Waals surface area contributed by atoms with E-state index in [1.165, 1.54) is 0 Å². The van der Waals surface area contributed by atoms with Gasteiger partial charge in [0.1, 0.15) is 6.10 Å². The largest absolute Gasteiger partial charge is 0.409 e. The van der Waals surface area contributed by atoms with E-state index in [9.17, 15) is 0 Å². The van der Waals surface area contributed by atoms with Crippen LogP contribution in [0.2, 0.25) is 36.3 Å². The quantitative estimate of drug-likeness (QED) is 0.653. The van der Waals surface area contributed by atoms with Crippen LogP contribution in [-0.2, 0) is 8.85 Å². The Hall–Kier alpha value is 0.0238. The van der Waals surface area contributed by atoms with Crippen LogP contribution in [0, 0.1) is 0 Å². The predicted molar refractivity (Wildman–Crippen MR) is 102 cm³/mol. The van der Waals surface area contributed by atoms with Gasteiger partial charge >= 0.3 is 0 Å². The second-order valence-corrected chi connectivity index (χ2v) is 19.2. The number of rotatable bonds is 4. The summed E-state index contributed by atoms with van der Waals surface area (Å²) in [4.78, 5) is 4.64. The molecule has 1 aliphatic heterocycles. The first-order chi connectivity index (χ1) is 9.58. The number of hydrogen-bond donors (Lipinski definition) is 0. The summed E-state index contributed by atoms with van der Waals surface area (Å²) < 4.78 is 13.3. The van der Waals surface area contributed by atoms with Gasteiger partial charge in [-0.25, -0.2) is 0 Å². The minimum atomic E-state index is -1.82. The van der Waals surface area contributed by atoms with E-state index in [1.807, 2.05) is 0 Å². The summed E-state index contributed by atoms with van der Waals surface area (Å²) in [5, 5.41) is 0.419. The Labute approximate surface area is 140 Å². The molecule has 0 aromatic heterocycles. The fraction of sp³-hybridized carbons (Fsp3) is 0.941. The van der Waals surface area contributed by atoms with Gasteiger partial charge < -0.3 is 8.85 Å². The molecule has 0 spiro atoms. The minimum absolute atomic E-state index is 0.0371. The van der Waals surface area contributed by atoms with Crippen molar-refractivity contribution in [1.29, 1.82) is 0 Å². The molecule has 0 aromatic carbocycles. The van der Waals surface area contributed by atoms with Gasteiger partial charge in [-0.3, -0.25) is 4.99 Å². The zero-order valence-electron chi connectivity index (χ0n) is 16.6. The van der Waals surface area contributed by atoms with Gasteiger partial charge in [0.25, 0.3) is 0 Å². The molecule has 0 fully saturated rings. The van der Waals surface area contributed by atoms with Gasteiger partial charge in [0.05, 0.1) is 12.6 Å². The molecule has 130 valence electrons. The van der Waals surface area contributed by atoms with Crippen LogP contribution in [0.3, 0.4) is 0 Å². The molecule has 22 heavy (non-hydrogen) atoms. The summed E-state index contributed by atoms with van der Waals surface area (Å²) >= 11 is 0. The van der Waals surface area contributed by atoms with Gasteiger partial charge in [-0.05, 0) is 43.2 Å². The number of nitrogens with zero attached hydrogens (tertiary/aromatic N) is 1. The van der Waals surface area contributed by atoms with Crippen LogP contribution in [0.15, 0.2) is 4.99 Å². The summed E-state index contributed by atoms with van der Waals surface area (Å²) in [7, 11) is -3.62. The average molecular weight is 344 g/mol. The molecule has 0 N–H and O–H groups in total. The van der Waals surface area contributed by atoms with Gasteiger partial charge in [-0.1, -0.05) is 41.5 Å². The molecule has 2 atom stereocenters. The van der Waals surface area contributed by atoms with Crippen molar-refractivity contribution in [2.45, 2.75) is 96.9 Å². The zero-order valence-corrected chi connectivity index (χ0v) is 18.6.